The maximum Gasteiger partial charge on any atom is 0.164 e. The second-order valence-electron chi connectivity index (χ2n) is 4.41. The van der Waals surface area contributed by atoms with E-state index in [9.17, 15) is 0 Å². The van der Waals surface area contributed by atoms with Crippen molar-refractivity contribution in [3.63, 3.8) is 0 Å². The Morgan fingerprint density at radius 3 is 2.62 bits per heavy atom. The Morgan fingerprint density at radius 1 is 1.25 bits per heavy atom. The van der Waals surface area contributed by atoms with Crippen LogP contribution >= 0.6 is 0 Å². The highest BCUT2D eigenvalue weighted by Gasteiger charge is 2.27. The number of hydrogen-bond acceptors (Lipinski definition) is 3. The predicted molar refractivity (Wildman–Crippen MR) is 64.0 cm³/mol. The molecule has 0 amide bonds. The second kappa shape index (κ2) is 4.34. The molecule has 2 atom stereocenters. The van der Waals surface area contributed by atoms with Crippen molar-refractivity contribution in [2.24, 2.45) is 11.7 Å². The van der Waals surface area contributed by atoms with Gasteiger partial charge in [-0.15, -0.1) is 0 Å². The van der Waals surface area contributed by atoms with Gasteiger partial charge in [-0.2, -0.15) is 0 Å². The quantitative estimate of drug-likeness (QED) is 0.833. The molecule has 0 radical (unpaired) electrons. The van der Waals surface area contributed by atoms with Crippen LogP contribution in [0.25, 0.3) is 0 Å². The van der Waals surface area contributed by atoms with Crippen molar-refractivity contribution in [1.29, 1.82) is 0 Å². The summed E-state index contributed by atoms with van der Waals surface area (Å²) >= 11 is 0. The van der Waals surface area contributed by atoms with Crippen LogP contribution in [0.4, 0.5) is 0 Å². The first-order chi connectivity index (χ1) is 7.69. The molecule has 0 saturated carbocycles. The highest BCUT2D eigenvalue weighted by Crippen LogP contribution is 2.41. The number of nitrogens with two attached hydrogens (primary N) is 1. The fourth-order valence-corrected chi connectivity index (χ4v) is 2.43. The van der Waals surface area contributed by atoms with Gasteiger partial charge < -0.3 is 15.2 Å². The van der Waals surface area contributed by atoms with Gasteiger partial charge in [-0.1, -0.05) is 13.0 Å². The van der Waals surface area contributed by atoms with Crippen LogP contribution in [0.15, 0.2) is 12.1 Å². The normalized spacial score (nSPS) is 23.8. The van der Waals surface area contributed by atoms with E-state index in [2.05, 4.69) is 13.0 Å². The fraction of sp³-hybridized carbons (Fsp3) is 0.538. The summed E-state index contributed by atoms with van der Waals surface area (Å²) in [7, 11) is 3.34. The Balaban J connectivity index is 2.52. The molecule has 0 spiro atoms. The van der Waals surface area contributed by atoms with Gasteiger partial charge in [0.1, 0.15) is 0 Å². The molecular weight excluding hydrogens is 202 g/mol. The Bertz CT molecular complexity index is 390. The molecule has 0 bridgehead atoms. The number of fused-ring (bicyclic) bond motifs is 1. The summed E-state index contributed by atoms with van der Waals surface area (Å²) in [4.78, 5) is 0. The van der Waals surface area contributed by atoms with Crippen molar-refractivity contribution in [2.75, 3.05) is 14.2 Å². The Morgan fingerprint density at radius 2 is 2.00 bits per heavy atom. The molecule has 0 aromatic heterocycles. The molecular formula is C13H19NO2. The highest BCUT2D eigenvalue weighted by atomic mass is 16.5. The van der Waals surface area contributed by atoms with Gasteiger partial charge in [-0.05, 0) is 30.4 Å². The van der Waals surface area contributed by atoms with Crippen LogP contribution in [-0.2, 0) is 6.42 Å². The maximum absolute atomic E-state index is 6.21. The van der Waals surface area contributed by atoms with E-state index in [-0.39, 0.29) is 6.04 Å². The maximum atomic E-state index is 6.21. The number of benzene rings is 1. The summed E-state index contributed by atoms with van der Waals surface area (Å²) in [6, 6.07) is 4.12. The lowest BCUT2D eigenvalue weighted by Crippen LogP contribution is -2.25. The van der Waals surface area contributed by atoms with Crippen LogP contribution < -0.4 is 15.2 Å². The van der Waals surface area contributed by atoms with Crippen molar-refractivity contribution in [1.82, 2.24) is 0 Å². The van der Waals surface area contributed by atoms with Crippen LogP contribution in [0.1, 0.15) is 30.5 Å². The van der Waals surface area contributed by atoms with Gasteiger partial charge in [0.25, 0.3) is 0 Å². The largest absolute Gasteiger partial charge is 0.493 e. The van der Waals surface area contributed by atoms with Gasteiger partial charge in [-0.25, -0.2) is 0 Å². The van der Waals surface area contributed by atoms with Gasteiger partial charge in [0.05, 0.1) is 14.2 Å². The Labute approximate surface area is 96.5 Å². The lowest BCUT2D eigenvalue weighted by molar-refractivity contribution is 0.340. The summed E-state index contributed by atoms with van der Waals surface area (Å²) in [5.74, 6) is 2.18. The smallest absolute Gasteiger partial charge is 0.164 e. The molecule has 0 aliphatic heterocycles. The second-order valence-corrected chi connectivity index (χ2v) is 4.41. The van der Waals surface area contributed by atoms with Crippen molar-refractivity contribution in [3.05, 3.63) is 23.3 Å². The lowest BCUT2D eigenvalue weighted by atomic mass is 9.80. The zero-order chi connectivity index (χ0) is 11.7. The first-order valence-electron chi connectivity index (χ1n) is 5.68. The number of ether oxygens (including phenoxy) is 2. The molecule has 88 valence electrons. The van der Waals surface area contributed by atoms with E-state index >= 15 is 0 Å². The Hall–Kier alpha value is -1.22. The summed E-state index contributed by atoms with van der Waals surface area (Å²) in [6.45, 7) is 2.20. The first-order valence-corrected chi connectivity index (χ1v) is 5.68. The number of methoxy groups -OCH3 is 2. The molecule has 2 N–H and O–H groups in total. The molecule has 1 aliphatic rings. The molecule has 16 heavy (non-hydrogen) atoms. The topological polar surface area (TPSA) is 44.5 Å². The predicted octanol–water partition coefficient (Wildman–Crippen LogP) is 2.29. The molecule has 3 nitrogen and oxygen atoms in total. The molecule has 1 aromatic carbocycles. The average molecular weight is 221 g/mol. The fourth-order valence-electron chi connectivity index (χ4n) is 2.43. The number of hydrogen-bond donors (Lipinski definition) is 1. The van der Waals surface area contributed by atoms with E-state index in [0.29, 0.717) is 5.92 Å². The van der Waals surface area contributed by atoms with Crippen LogP contribution in [-0.4, -0.2) is 14.2 Å². The summed E-state index contributed by atoms with van der Waals surface area (Å²) in [5.41, 5.74) is 8.63. The van der Waals surface area contributed by atoms with E-state index in [0.717, 1.165) is 24.3 Å². The van der Waals surface area contributed by atoms with Crippen LogP contribution in [0.5, 0.6) is 11.5 Å². The summed E-state index contributed by atoms with van der Waals surface area (Å²) in [6.07, 6.45) is 2.13. The van der Waals surface area contributed by atoms with Gasteiger partial charge in [0, 0.05) is 11.6 Å². The SMILES string of the molecule is COc1ccc2c(c1OC)CCC(C)C2N. The molecule has 2 unspecified atom stereocenters. The van der Waals surface area contributed by atoms with Gasteiger partial charge in [0.15, 0.2) is 11.5 Å². The van der Waals surface area contributed by atoms with Gasteiger partial charge >= 0.3 is 0 Å². The molecule has 1 aliphatic carbocycles. The molecule has 0 fully saturated rings. The molecule has 0 heterocycles. The highest BCUT2D eigenvalue weighted by molar-refractivity contribution is 5.52. The summed E-state index contributed by atoms with van der Waals surface area (Å²) < 4.78 is 10.7. The molecule has 0 saturated heterocycles. The van der Waals surface area contributed by atoms with E-state index in [4.69, 9.17) is 15.2 Å². The zero-order valence-electron chi connectivity index (χ0n) is 10.1. The zero-order valence-corrected chi connectivity index (χ0v) is 10.1. The minimum Gasteiger partial charge on any atom is -0.493 e. The molecule has 2 rings (SSSR count). The lowest BCUT2D eigenvalue weighted by Gasteiger charge is -2.30. The molecule has 3 heteroatoms. The molecule has 1 aromatic rings. The average Bonchev–Trinajstić information content (AvgIpc) is 2.32. The van der Waals surface area contributed by atoms with Crippen molar-refractivity contribution >= 4 is 0 Å². The van der Waals surface area contributed by atoms with Crippen LogP contribution in [0.2, 0.25) is 0 Å². The third-order valence-electron chi connectivity index (χ3n) is 3.51. The summed E-state index contributed by atoms with van der Waals surface area (Å²) in [5, 5.41) is 0. The number of rotatable bonds is 2. The third kappa shape index (κ3) is 1.65. The first kappa shape index (κ1) is 11.3. The van der Waals surface area contributed by atoms with Crippen LogP contribution in [0, 0.1) is 5.92 Å². The third-order valence-corrected chi connectivity index (χ3v) is 3.51. The van der Waals surface area contributed by atoms with Crippen LogP contribution in [0.3, 0.4) is 0 Å². The minimum atomic E-state index is 0.114. The minimum absolute atomic E-state index is 0.114. The standard InChI is InChI=1S/C13H19NO2/c1-8-4-5-10-9(12(8)14)6-7-11(15-2)13(10)16-3/h6-8,12H,4-5,14H2,1-3H3. The van der Waals surface area contributed by atoms with Gasteiger partial charge in [-0.3, -0.25) is 0 Å². The van der Waals surface area contributed by atoms with Crippen molar-refractivity contribution in [3.8, 4) is 11.5 Å². The Kier molecular flexibility index (Phi) is 3.06. The van der Waals surface area contributed by atoms with Crippen molar-refractivity contribution < 1.29 is 9.47 Å². The monoisotopic (exact) mass is 221 g/mol. The van der Waals surface area contributed by atoms with Crippen molar-refractivity contribution in [2.45, 2.75) is 25.8 Å². The van der Waals surface area contributed by atoms with E-state index in [1.165, 1.54) is 11.1 Å². The van der Waals surface area contributed by atoms with E-state index < -0.39 is 0 Å². The van der Waals surface area contributed by atoms with E-state index in [1.54, 1.807) is 14.2 Å². The van der Waals surface area contributed by atoms with Gasteiger partial charge in [0.2, 0.25) is 0 Å². The van der Waals surface area contributed by atoms with E-state index in [1.807, 2.05) is 6.07 Å².